The van der Waals surface area contributed by atoms with Crippen LogP contribution in [0.1, 0.15) is 19.8 Å². The summed E-state index contributed by atoms with van der Waals surface area (Å²) in [4.78, 5) is 10.6. The molecule has 0 heterocycles. The van der Waals surface area contributed by atoms with Crippen molar-refractivity contribution in [2.45, 2.75) is 30.7 Å². The van der Waals surface area contributed by atoms with E-state index in [4.69, 9.17) is 16.7 Å². The van der Waals surface area contributed by atoms with Crippen LogP contribution in [-0.4, -0.2) is 25.5 Å². The summed E-state index contributed by atoms with van der Waals surface area (Å²) in [6.45, 7) is 1.74. The third-order valence-corrected chi connectivity index (χ3v) is 4.13. The summed E-state index contributed by atoms with van der Waals surface area (Å²) >= 11 is 5.50. The molecule has 0 aliphatic rings. The summed E-state index contributed by atoms with van der Waals surface area (Å²) in [6, 6.07) is 1.64. The number of rotatable bonds is 6. The van der Waals surface area contributed by atoms with E-state index in [2.05, 4.69) is 0 Å². The minimum absolute atomic E-state index is 0.156. The first-order chi connectivity index (χ1) is 8.77. The van der Waals surface area contributed by atoms with E-state index in [1.807, 2.05) is 4.72 Å². The average Bonchev–Trinajstić information content (AvgIpc) is 2.31. The average molecular weight is 310 g/mol. The highest BCUT2D eigenvalue weighted by molar-refractivity contribution is 7.89. The molecule has 8 heteroatoms. The molecular formula is C11H13ClFNO4S. The second-order valence-corrected chi connectivity index (χ2v) is 6.00. The Balaban J connectivity index is 3.03. The van der Waals surface area contributed by atoms with Crippen LogP contribution in [0.5, 0.6) is 0 Å². The van der Waals surface area contributed by atoms with Gasteiger partial charge in [0.2, 0.25) is 10.0 Å². The van der Waals surface area contributed by atoms with Crippen molar-refractivity contribution in [2.75, 3.05) is 0 Å². The minimum Gasteiger partial charge on any atom is -0.480 e. The molecule has 0 saturated heterocycles. The molecule has 0 saturated carbocycles. The maximum absolute atomic E-state index is 13.0. The smallest absolute Gasteiger partial charge is 0.321 e. The monoisotopic (exact) mass is 309 g/mol. The predicted molar refractivity (Wildman–Crippen MR) is 68.1 cm³/mol. The van der Waals surface area contributed by atoms with Crippen LogP contribution in [-0.2, 0) is 14.8 Å². The molecule has 1 aromatic carbocycles. The Hall–Kier alpha value is -1.18. The number of carbonyl (C=O) groups is 1. The van der Waals surface area contributed by atoms with E-state index in [-0.39, 0.29) is 16.3 Å². The summed E-state index contributed by atoms with van der Waals surface area (Å²) in [7, 11) is -4.05. The van der Waals surface area contributed by atoms with Crippen LogP contribution in [0.4, 0.5) is 4.39 Å². The minimum atomic E-state index is -4.05. The van der Waals surface area contributed by atoms with Crippen LogP contribution in [0, 0.1) is 5.82 Å². The third-order valence-electron chi connectivity index (χ3n) is 2.37. The molecule has 0 amide bonds. The Morgan fingerprint density at radius 3 is 2.63 bits per heavy atom. The number of carboxylic acids is 1. The normalized spacial score (nSPS) is 13.2. The van der Waals surface area contributed by atoms with Crippen molar-refractivity contribution in [1.29, 1.82) is 0 Å². The zero-order valence-corrected chi connectivity index (χ0v) is 11.6. The van der Waals surface area contributed by atoms with Gasteiger partial charge in [-0.15, -0.1) is 0 Å². The van der Waals surface area contributed by atoms with Gasteiger partial charge in [0.05, 0.1) is 9.92 Å². The van der Waals surface area contributed by atoms with Gasteiger partial charge in [0.15, 0.2) is 0 Å². The Morgan fingerprint density at radius 2 is 2.16 bits per heavy atom. The van der Waals surface area contributed by atoms with Crippen molar-refractivity contribution < 1.29 is 22.7 Å². The van der Waals surface area contributed by atoms with Crippen LogP contribution in [0.25, 0.3) is 0 Å². The molecule has 1 atom stereocenters. The van der Waals surface area contributed by atoms with Crippen molar-refractivity contribution in [3.8, 4) is 0 Å². The van der Waals surface area contributed by atoms with Crippen LogP contribution in [0.2, 0.25) is 5.02 Å². The van der Waals surface area contributed by atoms with Crippen LogP contribution in [0.15, 0.2) is 23.1 Å². The molecule has 19 heavy (non-hydrogen) atoms. The Morgan fingerprint density at radius 1 is 1.53 bits per heavy atom. The lowest BCUT2D eigenvalue weighted by atomic mass is 10.2. The number of hydrogen-bond acceptors (Lipinski definition) is 3. The predicted octanol–water partition coefficient (Wildman–Crippen LogP) is 2.01. The number of benzene rings is 1. The standard InChI is InChI=1S/C11H13ClFNO4S/c1-2-3-10(11(15)16)14-19(17,18)7-4-5-9(13)8(12)6-7/h4-6,10,14H,2-3H2,1H3,(H,15,16). The lowest BCUT2D eigenvalue weighted by Crippen LogP contribution is -2.40. The molecule has 0 aliphatic heterocycles. The van der Waals surface area contributed by atoms with Gasteiger partial charge in [0.25, 0.3) is 0 Å². The van der Waals surface area contributed by atoms with E-state index in [0.29, 0.717) is 6.42 Å². The van der Waals surface area contributed by atoms with E-state index in [1.54, 1.807) is 6.92 Å². The van der Waals surface area contributed by atoms with Gasteiger partial charge in [0.1, 0.15) is 11.9 Å². The first-order valence-electron chi connectivity index (χ1n) is 5.48. The highest BCUT2D eigenvalue weighted by Gasteiger charge is 2.25. The van der Waals surface area contributed by atoms with Gasteiger partial charge in [-0.2, -0.15) is 4.72 Å². The van der Waals surface area contributed by atoms with E-state index >= 15 is 0 Å². The number of nitrogens with one attached hydrogen (secondary N) is 1. The summed E-state index contributed by atoms with van der Waals surface area (Å²) in [6.07, 6.45) is 0.660. The lowest BCUT2D eigenvalue weighted by molar-refractivity contribution is -0.139. The SMILES string of the molecule is CCCC(NS(=O)(=O)c1ccc(F)c(Cl)c1)C(=O)O. The van der Waals surface area contributed by atoms with Gasteiger partial charge in [-0.05, 0) is 24.6 Å². The molecule has 0 fully saturated rings. The van der Waals surface area contributed by atoms with E-state index in [0.717, 1.165) is 18.2 Å². The van der Waals surface area contributed by atoms with Crippen molar-refractivity contribution in [3.63, 3.8) is 0 Å². The summed E-state index contributed by atoms with van der Waals surface area (Å²) < 4.78 is 38.9. The number of hydrogen-bond donors (Lipinski definition) is 2. The molecule has 1 aromatic rings. The Labute approximate surface area is 115 Å². The maximum Gasteiger partial charge on any atom is 0.321 e. The van der Waals surface area contributed by atoms with Gasteiger partial charge in [-0.25, -0.2) is 12.8 Å². The van der Waals surface area contributed by atoms with E-state index in [1.165, 1.54) is 0 Å². The van der Waals surface area contributed by atoms with Crippen molar-refractivity contribution >= 4 is 27.6 Å². The maximum atomic E-state index is 13.0. The highest BCUT2D eigenvalue weighted by atomic mass is 35.5. The molecule has 0 bridgehead atoms. The number of halogens is 2. The molecular weight excluding hydrogens is 297 g/mol. The second-order valence-electron chi connectivity index (χ2n) is 3.88. The fourth-order valence-electron chi connectivity index (χ4n) is 1.42. The first-order valence-corrected chi connectivity index (χ1v) is 7.34. The van der Waals surface area contributed by atoms with Gasteiger partial charge >= 0.3 is 5.97 Å². The van der Waals surface area contributed by atoms with Crippen LogP contribution < -0.4 is 4.72 Å². The van der Waals surface area contributed by atoms with E-state index in [9.17, 15) is 17.6 Å². The number of sulfonamides is 1. The highest BCUT2D eigenvalue weighted by Crippen LogP contribution is 2.19. The van der Waals surface area contributed by atoms with E-state index < -0.39 is 27.9 Å². The van der Waals surface area contributed by atoms with Gasteiger partial charge in [-0.3, -0.25) is 4.79 Å². The first kappa shape index (κ1) is 15.9. The van der Waals surface area contributed by atoms with Crippen LogP contribution in [0.3, 0.4) is 0 Å². The summed E-state index contributed by atoms with van der Waals surface area (Å²) in [5.41, 5.74) is 0. The molecule has 1 unspecified atom stereocenters. The molecule has 1 rings (SSSR count). The Bertz CT molecular complexity index is 576. The largest absolute Gasteiger partial charge is 0.480 e. The molecule has 0 spiro atoms. The summed E-state index contributed by atoms with van der Waals surface area (Å²) in [5, 5.41) is 8.56. The van der Waals surface area contributed by atoms with Crippen molar-refractivity contribution in [2.24, 2.45) is 0 Å². The second kappa shape index (κ2) is 6.31. The number of aliphatic carboxylic acids is 1. The zero-order chi connectivity index (χ0) is 14.6. The fraction of sp³-hybridized carbons (Fsp3) is 0.364. The molecule has 5 nitrogen and oxygen atoms in total. The zero-order valence-electron chi connectivity index (χ0n) is 10.1. The quantitative estimate of drug-likeness (QED) is 0.842. The van der Waals surface area contributed by atoms with Gasteiger partial charge < -0.3 is 5.11 Å². The number of carboxylic acid groups (broad SMARTS) is 1. The lowest BCUT2D eigenvalue weighted by Gasteiger charge is -2.14. The molecule has 2 N–H and O–H groups in total. The van der Waals surface area contributed by atoms with Gasteiger partial charge in [0, 0.05) is 0 Å². The topological polar surface area (TPSA) is 83.5 Å². The molecule has 0 radical (unpaired) electrons. The summed E-state index contributed by atoms with van der Waals surface area (Å²) in [5.74, 6) is -2.01. The van der Waals surface area contributed by atoms with Crippen molar-refractivity contribution in [1.82, 2.24) is 4.72 Å². The molecule has 0 aromatic heterocycles. The Kier molecular flexibility index (Phi) is 5.28. The van der Waals surface area contributed by atoms with Gasteiger partial charge in [-0.1, -0.05) is 24.9 Å². The van der Waals surface area contributed by atoms with Crippen LogP contribution >= 0.6 is 11.6 Å². The molecule has 106 valence electrons. The molecule has 0 aliphatic carbocycles. The third kappa shape index (κ3) is 4.15. The fourth-order valence-corrected chi connectivity index (χ4v) is 2.92. The van der Waals surface area contributed by atoms with Crippen molar-refractivity contribution in [3.05, 3.63) is 29.0 Å².